The number of benzene rings is 2. The summed E-state index contributed by atoms with van der Waals surface area (Å²) in [6.45, 7) is 3.62. The number of hydrogen-bond donors (Lipinski definition) is 0. The van der Waals surface area contributed by atoms with Gasteiger partial charge in [0.05, 0.1) is 29.7 Å². The molecule has 0 heterocycles. The van der Waals surface area contributed by atoms with Crippen molar-refractivity contribution in [3.63, 3.8) is 0 Å². The molecule has 0 aromatic heterocycles. The van der Waals surface area contributed by atoms with E-state index in [1.54, 1.807) is 12.1 Å². The molecule has 0 N–H and O–H groups in total. The molecule has 144 valence electrons. The number of nitro benzene ring substituents is 1. The SMILES string of the molecule is COC(=O)c1cccc(Oc2c(Cl)c(C(C)C)c(OC)c([N+](=O)[O-])c2Cl)c1. The monoisotopic (exact) mass is 413 g/mol. The Morgan fingerprint density at radius 3 is 2.33 bits per heavy atom. The zero-order valence-corrected chi connectivity index (χ0v) is 16.6. The topological polar surface area (TPSA) is 87.9 Å². The zero-order valence-electron chi connectivity index (χ0n) is 15.0. The van der Waals surface area contributed by atoms with Gasteiger partial charge in [0, 0.05) is 5.56 Å². The van der Waals surface area contributed by atoms with E-state index in [4.69, 9.17) is 32.7 Å². The normalized spacial score (nSPS) is 10.6. The molecule has 0 saturated carbocycles. The van der Waals surface area contributed by atoms with Crippen molar-refractivity contribution in [3.8, 4) is 17.2 Å². The fourth-order valence-electron chi connectivity index (χ4n) is 2.55. The number of methoxy groups -OCH3 is 2. The molecule has 0 aliphatic rings. The van der Waals surface area contributed by atoms with Gasteiger partial charge in [-0.2, -0.15) is 0 Å². The Morgan fingerprint density at radius 2 is 1.81 bits per heavy atom. The lowest BCUT2D eigenvalue weighted by atomic mass is 10.00. The lowest BCUT2D eigenvalue weighted by Gasteiger charge is -2.19. The summed E-state index contributed by atoms with van der Waals surface area (Å²) in [5.41, 5.74) is 0.204. The first kappa shape index (κ1) is 20.8. The minimum Gasteiger partial charge on any atom is -0.490 e. The zero-order chi connectivity index (χ0) is 20.3. The van der Waals surface area contributed by atoms with Gasteiger partial charge in [-0.15, -0.1) is 0 Å². The van der Waals surface area contributed by atoms with Crippen molar-refractivity contribution in [3.05, 3.63) is 55.6 Å². The Balaban J connectivity index is 2.67. The lowest BCUT2D eigenvalue weighted by Crippen LogP contribution is -2.04. The Bertz CT molecular complexity index is 898. The average molecular weight is 414 g/mol. The third kappa shape index (κ3) is 4.09. The Kier molecular flexibility index (Phi) is 6.51. The van der Waals surface area contributed by atoms with Crippen LogP contribution in [0.15, 0.2) is 24.3 Å². The summed E-state index contributed by atoms with van der Waals surface area (Å²) in [4.78, 5) is 22.6. The van der Waals surface area contributed by atoms with Crippen LogP contribution in [0.25, 0.3) is 0 Å². The van der Waals surface area contributed by atoms with E-state index in [1.165, 1.54) is 26.4 Å². The standard InChI is InChI=1S/C18H17Cl2NO6/c1-9(2)12-13(19)17(14(20)15(21(23)24)16(12)25-3)27-11-7-5-6-10(8-11)18(22)26-4/h5-9H,1-4H3. The minimum atomic E-state index is -0.652. The van der Waals surface area contributed by atoms with Crippen molar-refractivity contribution >= 4 is 34.9 Å². The molecule has 0 saturated heterocycles. The number of rotatable bonds is 6. The van der Waals surface area contributed by atoms with Gasteiger partial charge in [0.15, 0.2) is 10.8 Å². The van der Waals surface area contributed by atoms with Crippen LogP contribution in [0.4, 0.5) is 5.69 Å². The van der Waals surface area contributed by atoms with Gasteiger partial charge in [-0.05, 0) is 24.1 Å². The molecule has 2 rings (SSSR count). The molecular weight excluding hydrogens is 397 g/mol. The summed E-state index contributed by atoms with van der Waals surface area (Å²) in [5.74, 6) is -0.638. The quantitative estimate of drug-likeness (QED) is 0.347. The molecule has 7 nitrogen and oxygen atoms in total. The van der Waals surface area contributed by atoms with Crippen LogP contribution in [0, 0.1) is 10.1 Å². The van der Waals surface area contributed by atoms with Gasteiger partial charge >= 0.3 is 11.7 Å². The molecule has 0 atom stereocenters. The van der Waals surface area contributed by atoms with E-state index in [0.29, 0.717) is 5.56 Å². The summed E-state index contributed by atoms with van der Waals surface area (Å²) >= 11 is 12.7. The van der Waals surface area contributed by atoms with Gasteiger partial charge in [-0.1, -0.05) is 43.1 Å². The molecule has 0 bridgehead atoms. The summed E-state index contributed by atoms with van der Waals surface area (Å²) in [5, 5.41) is 11.4. The van der Waals surface area contributed by atoms with Crippen LogP contribution in [-0.2, 0) is 4.74 Å². The van der Waals surface area contributed by atoms with Crippen LogP contribution in [-0.4, -0.2) is 25.1 Å². The largest absolute Gasteiger partial charge is 0.490 e. The molecule has 0 amide bonds. The predicted octanol–water partition coefficient (Wildman–Crippen LogP) is 5.61. The molecule has 0 fully saturated rings. The van der Waals surface area contributed by atoms with Crippen LogP contribution in [0.5, 0.6) is 17.2 Å². The van der Waals surface area contributed by atoms with E-state index in [1.807, 2.05) is 13.8 Å². The first-order chi connectivity index (χ1) is 12.7. The number of ether oxygens (including phenoxy) is 3. The second-order valence-corrected chi connectivity index (χ2v) is 6.54. The average Bonchev–Trinajstić information content (AvgIpc) is 2.63. The van der Waals surface area contributed by atoms with Crippen molar-refractivity contribution in [1.29, 1.82) is 0 Å². The second kappa shape index (κ2) is 8.45. The number of nitrogens with zero attached hydrogens (tertiary/aromatic N) is 1. The number of nitro groups is 1. The predicted molar refractivity (Wildman–Crippen MR) is 102 cm³/mol. The molecule has 0 unspecified atom stereocenters. The van der Waals surface area contributed by atoms with Crippen LogP contribution >= 0.6 is 23.2 Å². The van der Waals surface area contributed by atoms with Crippen molar-refractivity contribution < 1.29 is 23.9 Å². The van der Waals surface area contributed by atoms with Crippen molar-refractivity contribution in [2.45, 2.75) is 19.8 Å². The van der Waals surface area contributed by atoms with Crippen molar-refractivity contribution in [2.24, 2.45) is 0 Å². The van der Waals surface area contributed by atoms with Crippen LogP contribution in [0.1, 0.15) is 35.7 Å². The van der Waals surface area contributed by atoms with E-state index in [9.17, 15) is 14.9 Å². The number of carbonyl (C=O) groups excluding carboxylic acids is 1. The number of halogens is 2. The Hall–Kier alpha value is -2.51. The summed E-state index contributed by atoms with van der Waals surface area (Å²) in [6.07, 6.45) is 0. The maximum Gasteiger partial charge on any atom is 0.337 e. The van der Waals surface area contributed by atoms with Gasteiger partial charge in [-0.3, -0.25) is 10.1 Å². The molecule has 0 aliphatic heterocycles. The Morgan fingerprint density at radius 1 is 1.15 bits per heavy atom. The van der Waals surface area contributed by atoms with E-state index in [2.05, 4.69) is 4.74 Å². The third-order valence-electron chi connectivity index (χ3n) is 3.74. The van der Waals surface area contributed by atoms with Crippen molar-refractivity contribution in [1.82, 2.24) is 0 Å². The summed E-state index contributed by atoms with van der Waals surface area (Å²) < 4.78 is 15.6. The summed E-state index contributed by atoms with van der Waals surface area (Å²) in [7, 11) is 2.56. The maximum atomic E-state index is 11.7. The van der Waals surface area contributed by atoms with E-state index < -0.39 is 16.6 Å². The van der Waals surface area contributed by atoms with Crippen LogP contribution in [0.2, 0.25) is 10.0 Å². The number of hydrogen-bond acceptors (Lipinski definition) is 6. The van der Waals surface area contributed by atoms with Gasteiger partial charge in [0.25, 0.3) is 0 Å². The van der Waals surface area contributed by atoms with Gasteiger partial charge < -0.3 is 14.2 Å². The number of esters is 1. The first-order valence-corrected chi connectivity index (χ1v) is 8.57. The third-order valence-corrected chi connectivity index (χ3v) is 4.47. The van der Waals surface area contributed by atoms with Gasteiger partial charge in [0.1, 0.15) is 5.75 Å². The lowest BCUT2D eigenvalue weighted by molar-refractivity contribution is -0.385. The maximum absolute atomic E-state index is 11.7. The van der Waals surface area contributed by atoms with Gasteiger partial charge in [-0.25, -0.2) is 4.79 Å². The molecule has 27 heavy (non-hydrogen) atoms. The van der Waals surface area contributed by atoms with Crippen molar-refractivity contribution in [2.75, 3.05) is 14.2 Å². The molecular formula is C18H17Cl2NO6. The van der Waals surface area contributed by atoms with E-state index in [-0.39, 0.29) is 38.8 Å². The van der Waals surface area contributed by atoms with Gasteiger partial charge in [0.2, 0.25) is 5.75 Å². The molecule has 2 aromatic carbocycles. The van der Waals surface area contributed by atoms with E-state index >= 15 is 0 Å². The van der Waals surface area contributed by atoms with Crippen LogP contribution in [0.3, 0.4) is 0 Å². The second-order valence-electron chi connectivity index (χ2n) is 5.79. The fourth-order valence-corrected chi connectivity index (χ4v) is 3.32. The molecule has 0 radical (unpaired) electrons. The van der Waals surface area contributed by atoms with E-state index in [0.717, 1.165) is 0 Å². The molecule has 9 heteroatoms. The highest BCUT2D eigenvalue weighted by Gasteiger charge is 2.33. The highest BCUT2D eigenvalue weighted by atomic mass is 35.5. The Labute approximate surface area is 165 Å². The molecule has 0 spiro atoms. The molecule has 2 aromatic rings. The summed E-state index contributed by atoms with van der Waals surface area (Å²) in [6, 6.07) is 6.09. The fraction of sp³-hybridized carbons (Fsp3) is 0.278. The highest BCUT2D eigenvalue weighted by molar-refractivity contribution is 6.39. The first-order valence-electron chi connectivity index (χ1n) is 7.82. The minimum absolute atomic E-state index is 0.0133. The molecule has 0 aliphatic carbocycles. The smallest absolute Gasteiger partial charge is 0.337 e. The van der Waals surface area contributed by atoms with Crippen LogP contribution < -0.4 is 9.47 Å². The highest BCUT2D eigenvalue weighted by Crippen LogP contribution is 2.52. The number of carbonyl (C=O) groups is 1.